The van der Waals surface area contributed by atoms with Gasteiger partial charge in [0.15, 0.2) is 0 Å². The molecule has 0 unspecified atom stereocenters. The first kappa shape index (κ1) is 18.1. The first-order valence-corrected chi connectivity index (χ1v) is 11.2. The highest BCUT2D eigenvalue weighted by Crippen LogP contribution is 2.42. The van der Waals surface area contributed by atoms with Gasteiger partial charge in [0, 0.05) is 61.3 Å². The largest absolute Gasteiger partial charge is 0.468 e. The third-order valence-electron chi connectivity index (χ3n) is 6.26. The van der Waals surface area contributed by atoms with Crippen LogP contribution in [0.15, 0.2) is 45.8 Å². The van der Waals surface area contributed by atoms with E-state index in [1.54, 1.807) is 12.3 Å². The summed E-state index contributed by atoms with van der Waals surface area (Å²) in [4.78, 5) is 30.7. The monoisotopic (exact) mass is 399 g/mol. The number of hydrogen-bond acceptors (Lipinski definition) is 5. The number of fused-ring (bicyclic) bond motifs is 4. The van der Waals surface area contributed by atoms with E-state index in [0.717, 1.165) is 62.1 Å². The normalized spacial score (nSPS) is 27.4. The van der Waals surface area contributed by atoms with E-state index in [-0.39, 0.29) is 29.3 Å². The zero-order chi connectivity index (χ0) is 19.1. The van der Waals surface area contributed by atoms with E-state index in [1.165, 1.54) is 0 Å². The minimum atomic E-state index is -0.387. The second kappa shape index (κ2) is 7.44. The van der Waals surface area contributed by atoms with Gasteiger partial charge in [-0.2, -0.15) is 11.8 Å². The van der Waals surface area contributed by atoms with Crippen molar-refractivity contribution in [3.63, 3.8) is 0 Å². The molecule has 0 aromatic carbocycles. The Bertz CT molecular complexity index is 904. The molecule has 2 bridgehead atoms. The second-order valence-electron chi connectivity index (χ2n) is 8.01. The molecule has 2 aromatic rings. The van der Waals surface area contributed by atoms with Gasteiger partial charge in [-0.3, -0.25) is 19.1 Å². The lowest BCUT2D eigenvalue weighted by Crippen LogP contribution is -2.54. The summed E-state index contributed by atoms with van der Waals surface area (Å²) in [5, 5.41) is 0. The molecule has 0 radical (unpaired) electrons. The Morgan fingerprint density at radius 1 is 1.14 bits per heavy atom. The Morgan fingerprint density at radius 3 is 2.79 bits per heavy atom. The first-order valence-electron chi connectivity index (χ1n) is 10.0. The molecule has 28 heavy (non-hydrogen) atoms. The van der Waals surface area contributed by atoms with Gasteiger partial charge in [0.25, 0.3) is 5.56 Å². The average molecular weight is 400 g/mol. The van der Waals surface area contributed by atoms with E-state index >= 15 is 0 Å². The maximum Gasteiger partial charge on any atom is 0.251 e. The average Bonchev–Trinajstić information content (AvgIpc) is 3.22. The molecule has 3 atom stereocenters. The molecule has 0 aliphatic carbocycles. The number of aromatic nitrogens is 1. The number of nitrogens with zero attached hydrogens (tertiary/aromatic N) is 3. The number of carbonyl (C=O) groups is 1. The van der Waals surface area contributed by atoms with E-state index in [0.29, 0.717) is 0 Å². The molecule has 2 aromatic heterocycles. The summed E-state index contributed by atoms with van der Waals surface area (Å²) in [5.41, 5.74) is 0.967. The Balaban J connectivity index is 1.49. The number of likely N-dealkylation sites (tertiary alicyclic amines) is 1. The summed E-state index contributed by atoms with van der Waals surface area (Å²) in [6, 6.07) is 8.98. The van der Waals surface area contributed by atoms with Gasteiger partial charge in [0.2, 0.25) is 5.91 Å². The molecule has 0 N–H and O–H groups in total. The number of rotatable bonds is 3. The summed E-state index contributed by atoms with van der Waals surface area (Å²) in [5.74, 6) is 3.46. The molecule has 5 rings (SSSR count). The van der Waals surface area contributed by atoms with Crippen molar-refractivity contribution in [3.05, 3.63) is 58.4 Å². The quantitative estimate of drug-likeness (QED) is 0.792. The zero-order valence-corrected chi connectivity index (χ0v) is 16.6. The molecule has 7 heteroatoms. The third kappa shape index (κ3) is 3.20. The molecule has 1 amide bonds. The maximum absolute atomic E-state index is 13.5. The van der Waals surface area contributed by atoms with Gasteiger partial charge in [-0.15, -0.1) is 0 Å². The van der Waals surface area contributed by atoms with Crippen molar-refractivity contribution in [1.29, 1.82) is 0 Å². The third-order valence-corrected chi connectivity index (χ3v) is 7.20. The van der Waals surface area contributed by atoms with Crippen molar-refractivity contribution in [3.8, 4) is 0 Å². The van der Waals surface area contributed by atoms with Crippen LogP contribution in [0.5, 0.6) is 0 Å². The number of thioether (sulfide) groups is 1. The topological polar surface area (TPSA) is 58.7 Å². The molecule has 148 valence electrons. The fourth-order valence-electron chi connectivity index (χ4n) is 5.07. The van der Waals surface area contributed by atoms with Crippen molar-refractivity contribution in [2.75, 3.05) is 37.7 Å². The van der Waals surface area contributed by atoms with Crippen molar-refractivity contribution in [2.45, 2.75) is 24.9 Å². The molecular formula is C21H25N3O3S. The number of hydrogen-bond donors (Lipinski definition) is 0. The Hall–Kier alpha value is -1.99. The van der Waals surface area contributed by atoms with E-state index < -0.39 is 0 Å². The number of carbonyl (C=O) groups excluding carboxylic acids is 1. The van der Waals surface area contributed by atoms with E-state index in [2.05, 4.69) is 4.90 Å². The molecule has 5 heterocycles. The molecular weight excluding hydrogens is 374 g/mol. The summed E-state index contributed by atoms with van der Waals surface area (Å²) in [7, 11) is 0. The van der Waals surface area contributed by atoms with Crippen LogP contribution in [-0.4, -0.2) is 58.0 Å². The lowest BCUT2D eigenvalue weighted by Gasteiger charge is -2.47. The Morgan fingerprint density at radius 2 is 2.00 bits per heavy atom. The van der Waals surface area contributed by atoms with Crippen molar-refractivity contribution < 1.29 is 9.21 Å². The standard InChI is InChI=1S/C21H25N3O3S/c25-19-5-1-4-18-15-11-16(13-22(12-15)14-17-3-2-8-27-17)20(24(18)19)21(26)23-6-9-28-10-7-23/h1-5,8,15-16,20H,6-7,9-14H2/t15-,16+,20+/m0/s1. The summed E-state index contributed by atoms with van der Waals surface area (Å²) in [6.45, 7) is 4.02. The second-order valence-corrected chi connectivity index (χ2v) is 9.23. The van der Waals surface area contributed by atoms with Gasteiger partial charge >= 0.3 is 0 Å². The van der Waals surface area contributed by atoms with E-state index in [1.807, 2.05) is 45.5 Å². The van der Waals surface area contributed by atoms with Crippen LogP contribution >= 0.6 is 11.8 Å². The Labute approximate surface area is 168 Å². The lowest BCUT2D eigenvalue weighted by atomic mass is 9.78. The number of amides is 1. The molecule has 3 aliphatic heterocycles. The molecule has 0 spiro atoms. The van der Waals surface area contributed by atoms with Crippen LogP contribution in [0.3, 0.4) is 0 Å². The summed E-state index contributed by atoms with van der Waals surface area (Å²) in [6.07, 6.45) is 2.67. The van der Waals surface area contributed by atoms with Crippen molar-refractivity contribution in [2.24, 2.45) is 5.92 Å². The van der Waals surface area contributed by atoms with Crippen LogP contribution in [0, 0.1) is 5.92 Å². The maximum atomic E-state index is 13.5. The van der Waals surface area contributed by atoms with Crippen LogP contribution in [0.1, 0.15) is 29.8 Å². The smallest absolute Gasteiger partial charge is 0.251 e. The molecule has 3 aliphatic rings. The van der Waals surface area contributed by atoms with Gasteiger partial charge in [-0.25, -0.2) is 0 Å². The summed E-state index contributed by atoms with van der Waals surface area (Å²) < 4.78 is 7.35. The minimum absolute atomic E-state index is 0.0450. The number of pyridine rings is 1. The van der Waals surface area contributed by atoms with Crippen LogP contribution in [-0.2, 0) is 11.3 Å². The van der Waals surface area contributed by atoms with Gasteiger partial charge in [-0.05, 0) is 24.6 Å². The SMILES string of the molecule is O=C([C@H]1[C@@H]2C[C@@H](CN(Cc3ccco3)C2)c2cccc(=O)n21)N1CCSCC1. The van der Waals surface area contributed by atoms with Crippen LogP contribution in [0.25, 0.3) is 0 Å². The van der Waals surface area contributed by atoms with Gasteiger partial charge in [-0.1, -0.05) is 6.07 Å². The highest BCUT2D eigenvalue weighted by molar-refractivity contribution is 7.99. The van der Waals surface area contributed by atoms with Crippen molar-refractivity contribution in [1.82, 2.24) is 14.4 Å². The molecule has 6 nitrogen and oxygen atoms in total. The van der Waals surface area contributed by atoms with Crippen molar-refractivity contribution >= 4 is 17.7 Å². The van der Waals surface area contributed by atoms with Crippen LogP contribution < -0.4 is 5.56 Å². The van der Waals surface area contributed by atoms with E-state index in [9.17, 15) is 9.59 Å². The molecule has 2 saturated heterocycles. The fraction of sp³-hybridized carbons (Fsp3) is 0.524. The molecule has 0 saturated carbocycles. The minimum Gasteiger partial charge on any atom is -0.468 e. The Kier molecular flexibility index (Phi) is 4.80. The number of piperidine rings is 1. The first-order chi connectivity index (χ1) is 13.7. The zero-order valence-electron chi connectivity index (χ0n) is 15.8. The lowest BCUT2D eigenvalue weighted by molar-refractivity contribution is -0.138. The van der Waals surface area contributed by atoms with Gasteiger partial charge in [0.1, 0.15) is 11.8 Å². The predicted octanol–water partition coefficient (Wildman–Crippen LogP) is 2.18. The van der Waals surface area contributed by atoms with Crippen LogP contribution in [0.2, 0.25) is 0 Å². The van der Waals surface area contributed by atoms with Gasteiger partial charge in [0.05, 0.1) is 12.8 Å². The predicted molar refractivity (Wildman–Crippen MR) is 108 cm³/mol. The number of furan rings is 1. The van der Waals surface area contributed by atoms with Gasteiger partial charge < -0.3 is 9.32 Å². The highest BCUT2D eigenvalue weighted by atomic mass is 32.2. The van der Waals surface area contributed by atoms with E-state index in [4.69, 9.17) is 4.42 Å². The summed E-state index contributed by atoms with van der Waals surface area (Å²) >= 11 is 1.89. The van der Waals surface area contributed by atoms with Crippen LogP contribution in [0.4, 0.5) is 0 Å². The fourth-order valence-corrected chi connectivity index (χ4v) is 5.97. The highest BCUT2D eigenvalue weighted by Gasteiger charge is 2.45. The molecule has 2 fully saturated rings.